The van der Waals surface area contributed by atoms with Gasteiger partial charge in [-0.25, -0.2) is 4.68 Å². The largest absolute Gasteiger partial charge is 0.497 e. The highest BCUT2D eigenvalue weighted by Gasteiger charge is 2.35. The number of H-pyrrole nitrogens is 1. The second kappa shape index (κ2) is 10.5. The summed E-state index contributed by atoms with van der Waals surface area (Å²) in [6.45, 7) is 8.17. The van der Waals surface area contributed by atoms with Gasteiger partial charge in [-0.2, -0.15) is 0 Å². The molecule has 0 spiro atoms. The number of tetrazole rings is 1. The molecule has 0 amide bonds. The minimum absolute atomic E-state index is 0.0353. The number of ether oxygens (including phenoxy) is 4. The van der Waals surface area contributed by atoms with Gasteiger partial charge in [-0.3, -0.25) is 9.69 Å². The smallest absolute Gasteiger partial charge is 0.253 e. The molecule has 2 aromatic heterocycles. The summed E-state index contributed by atoms with van der Waals surface area (Å²) in [5.74, 6) is 2.64. The number of pyridine rings is 1. The molecule has 4 aromatic rings. The Labute approximate surface area is 232 Å². The molecular formula is C29H34N6O5. The Bertz CT molecular complexity index is 1550. The van der Waals surface area contributed by atoms with Crippen LogP contribution in [-0.2, 0) is 16.8 Å². The minimum Gasteiger partial charge on any atom is -0.497 e. The summed E-state index contributed by atoms with van der Waals surface area (Å²) in [6.07, 6.45) is 2.00. The lowest BCUT2D eigenvalue weighted by atomic mass is 10.00. The molecular weight excluding hydrogens is 512 g/mol. The van der Waals surface area contributed by atoms with Gasteiger partial charge in [0, 0.05) is 36.7 Å². The zero-order valence-electron chi connectivity index (χ0n) is 23.2. The fraction of sp³-hybridized carbons (Fsp3) is 0.448. The molecule has 0 aliphatic carbocycles. The monoisotopic (exact) mass is 546 g/mol. The second-order valence-corrected chi connectivity index (χ2v) is 11.3. The zero-order chi connectivity index (χ0) is 27.9. The predicted octanol–water partition coefficient (Wildman–Crippen LogP) is 3.78. The van der Waals surface area contributed by atoms with Crippen LogP contribution in [0.15, 0.2) is 47.3 Å². The first kappa shape index (κ1) is 26.3. The van der Waals surface area contributed by atoms with Gasteiger partial charge in [0.05, 0.1) is 24.3 Å². The van der Waals surface area contributed by atoms with E-state index < -0.39 is 11.6 Å². The van der Waals surface area contributed by atoms with Crippen molar-refractivity contribution in [3.8, 4) is 17.2 Å². The number of nitrogens with zero attached hydrogens (tertiary/aromatic N) is 5. The van der Waals surface area contributed by atoms with E-state index in [1.165, 1.54) is 0 Å². The molecule has 0 unspecified atom stereocenters. The molecule has 1 fully saturated rings. The topological polar surface area (TPSA) is 117 Å². The molecule has 2 atom stereocenters. The van der Waals surface area contributed by atoms with Crippen LogP contribution in [0.1, 0.15) is 56.6 Å². The lowest BCUT2D eigenvalue weighted by Gasteiger charge is -2.34. The van der Waals surface area contributed by atoms with Crippen molar-refractivity contribution in [2.45, 2.75) is 57.8 Å². The highest BCUT2D eigenvalue weighted by Crippen LogP contribution is 2.37. The first-order valence-electron chi connectivity index (χ1n) is 13.5. The Morgan fingerprint density at radius 3 is 2.62 bits per heavy atom. The van der Waals surface area contributed by atoms with E-state index in [1.807, 2.05) is 57.2 Å². The minimum atomic E-state index is -0.556. The number of hydrogen-bond acceptors (Lipinski definition) is 9. The van der Waals surface area contributed by atoms with E-state index in [0.29, 0.717) is 41.5 Å². The maximum atomic E-state index is 13.8. The van der Waals surface area contributed by atoms with Crippen LogP contribution in [-0.4, -0.2) is 63.2 Å². The van der Waals surface area contributed by atoms with E-state index in [2.05, 4.69) is 25.4 Å². The van der Waals surface area contributed by atoms with Crippen LogP contribution < -0.4 is 19.8 Å². The van der Waals surface area contributed by atoms with Crippen LogP contribution in [0.2, 0.25) is 0 Å². The third-order valence-electron chi connectivity index (χ3n) is 7.41. The van der Waals surface area contributed by atoms with Gasteiger partial charge in [0.15, 0.2) is 17.3 Å². The van der Waals surface area contributed by atoms with E-state index in [-0.39, 0.29) is 18.5 Å². The molecule has 210 valence electrons. The average molecular weight is 547 g/mol. The molecule has 1 saturated heterocycles. The van der Waals surface area contributed by atoms with Gasteiger partial charge >= 0.3 is 0 Å². The molecule has 0 bridgehead atoms. The normalized spacial score (nSPS) is 17.6. The van der Waals surface area contributed by atoms with Crippen molar-refractivity contribution in [3.63, 3.8) is 0 Å². The highest BCUT2D eigenvalue weighted by molar-refractivity contribution is 5.83. The number of fused-ring (bicyclic) bond motifs is 2. The number of nitrogens with one attached hydrogen (secondary N) is 1. The number of rotatable bonds is 8. The van der Waals surface area contributed by atoms with Crippen molar-refractivity contribution in [1.29, 1.82) is 0 Å². The van der Waals surface area contributed by atoms with Crippen molar-refractivity contribution in [2.75, 3.05) is 27.1 Å². The standard InChI is InChI=1S/C29H34N6O5/c1-29(2,3)35-27(31-32-33-35)26(22-12-19-13-24-25(40-17-39-24)14-23(19)30-28(22)36)34(16-21-6-5-11-38-21)15-18-7-9-20(37-4)10-8-18/h7-10,12-14,21,26H,5-6,11,15-17H2,1-4H3,(H,30,36)/t21-,26+/m1/s1. The van der Waals surface area contributed by atoms with Crippen LogP contribution >= 0.6 is 0 Å². The molecule has 4 heterocycles. The van der Waals surface area contributed by atoms with Gasteiger partial charge in [0.1, 0.15) is 11.8 Å². The van der Waals surface area contributed by atoms with Gasteiger partial charge in [0.25, 0.3) is 5.56 Å². The third kappa shape index (κ3) is 5.14. The molecule has 0 radical (unpaired) electrons. The molecule has 0 saturated carbocycles. The first-order chi connectivity index (χ1) is 19.3. The fourth-order valence-electron chi connectivity index (χ4n) is 5.43. The lowest BCUT2D eigenvalue weighted by Crippen LogP contribution is -2.40. The van der Waals surface area contributed by atoms with E-state index in [9.17, 15) is 4.79 Å². The van der Waals surface area contributed by atoms with Crippen molar-refractivity contribution in [1.82, 2.24) is 30.1 Å². The SMILES string of the molecule is COc1ccc(CN(C[C@H]2CCCO2)[C@@H](c2cc3cc4c(cc3[nH]c2=O)OCO4)c2nnnn2C(C)(C)C)cc1. The zero-order valence-corrected chi connectivity index (χ0v) is 23.2. The molecule has 11 heteroatoms. The highest BCUT2D eigenvalue weighted by atomic mass is 16.7. The maximum absolute atomic E-state index is 13.8. The third-order valence-corrected chi connectivity index (χ3v) is 7.41. The number of aromatic nitrogens is 5. The molecule has 40 heavy (non-hydrogen) atoms. The van der Waals surface area contributed by atoms with Crippen LogP contribution in [0.3, 0.4) is 0 Å². The summed E-state index contributed by atoms with van der Waals surface area (Å²) >= 11 is 0. The summed E-state index contributed by atoms with van der Waals surface area (Å²) in [6, 6.07) is 13.0. The van der Waals surface area contributed by atoms with Crippen LogP contribution in [0.5, 0.6) is 17.2 Å². The number of aromatic amines is 1. The average Bonchev–Trinajstić information content (AvgIpc) is 3.70. The van der Waals surface area contributed by atoms with Crippen molar-refractivity contribution < 1.29 is 18.9 Å². The van der Waals surface area contributed by atoms with Crippen LogP contribution in [0.25, 0.3) is 10.9 Å². The molecule has 1 N–H and O–H groups in total. The Balaban J connectivity index is 1.51. The molecule has 6 rings (SSSR count). The summed E-state index contributed by atoms with van der Waals surface area (Å²) in [7, 11) is 1.65. The number of benzene rings is 2. The fourth-order valence-corrected chi connectivity index (χ4v) is 5.43. The van der Waals surface area contributed by atoms with Gasteiger partial charge in [-0.1, -0.05) is 12.1 Å². The quantitative estimate of drug-likeness (QED) is 0.352. The van der Waals surface area contributed by atoms with Crippen molar-refractivity contribution >= 4 is 10.9 Å². The number of methoxy groups -OCH3 is 1. The predicted molar refractivity (Wildman–Crippen MR) is 148 cm³/mol. The summed E-state index contributed by atoms with van der Waals surface area (Å²) in [5, 5.41) is 13.7. The van der Waals surface area contributed by atoms with Gasteiger partial charge in [-0.05, 0) is 73.9 Å². The van der Waals surface area contributed by atoms with Crippen molar-refractivity contribution in [2.24, 2.45) is 0 Å². The lowest BCUT2D eigenvalue weighted by molar-refractivity contribution is 0.0564. The van der Waals surface area contributed by atoms with Crippen LogP contribution in [0, 0.1) is 0 Å². The maximum Gasteiger partial charge on any atom is 0.253 e. The van der Waals surface area contributed by atoms with Crippen molar-refractivity contribution in [3.05, 3.63) is 69.8 Å². The van der Waals surface area contributed by atoms with E-state index in [1.54, 1.807) is 17.9 Å². The molecule has 2 aromatic carbocycles. The molecule has 2 aliphatic rings. The Hall–Kier alpha value is -3.96. The Morgan fingerprint density at radius 1 is 1.15 bits per heavy atom. The Morgan fingerprint density at radius 2 is 1.93 bits per heavy atom. The van der Waals surface area contributed by atoms with Gasteiger partial charge in [0.2, 0.25) is 6.79 Å². The summed E-state index contributed by atoms with van der Waals surface area (Å²) < 4.78 is 24.4. The number of hydrogen-bond donors (Lipinski definition) is 1. The van der Waals surface area contributed by atoms with Gasteiger partial charge in [-0.15, -0.1) is 5.10 Å². The Kier molecular flexibility index (Phi) is 6.93. The first-order valence-corrected chi connectivity index (χ1v) is 13.5. The summed E-state index contributed by atoms with van der Waals surface area (Å²) in [5.41, 5.74) is 1.65. The van der Waals surface area contributed by atoms with Gasteiger partial charge < -0.3 is 23.9 Å². The van der Waals surface area contributed by atoms with E-state index in [0.717, 1.165) is 36.1 Å². The molecule has 2 aliphatic heterocycles. The molecule has 11 nitrogen and oxygen atoms in total. The summed E-state index contributed by atoms with van der Waals surface area (Å²) in [4.78, 5) is 19.1. The second-order valence-electron chi connectivity index (χ2n) is 11.3. The van der Waals surface area contributed by atoms with Crippen LogP contribution in [0.4, 0.5) is 0 Å². The van der Waals surface area contributed by atoms with E-state index >= 15 is 0 Å². The van der Waals surface area contributed by atoms with E-state index in [4.69, 9.17) is 18.9 Å².